The molecule has 4 aliphatic rings. The quantitative estimate of drug-likeness (QED) is 0.0398. The van der Waals surface area contributed by atoms with Gasteiger partial charge in [-0.3, -0.25) is 14.4 Å². The third kappa shape index (κ3) is 32.9. The number of ether oxygens (including phenoxy) is 13. The van der Waals surface area contributed by atoms with Crippen LogP contribution in [0.2, 0.25) is 0 Å². The lowest BCUT2D eigenvalue weighted by Gasteiger charge is -2.28. The van der Waals surface area contributed by atoms with Gasteiger partial charge in [0.15, 0.2) is 0 Å². The first-order valence-electron chi connectivity index (χ1n) is 25.1. The van der Waals surface area contributed by atoms with Crippen LogP contribution in [0.5, 0.6) is 0 Å². The van der Waals surface area contributed by atoms with E-state index >= 15 is 0 Å². The van der Waals surface area contributed by atoms with E-state index in [0.717, 1.165) is 57.8 Å². The maximum absolute atomic E-state index is 12.1. The van der Waals surface area contributed by atoms with Crippen molar-refractivity contribution in [3.05, 3.63) is 36.5 Å². The molecule has 0 bridgehead atoms. The van der Waals surface area contributed by atoms with Gasteiger partial charge in [0, 0.05) is 34.2 Å². The summed E-state index contributed by atoms with van der Waals surface area (Å²) in [5.74, 6) is -1.10. The maximum atomic E-state index is 12.1. The van der Waals surface area contributed by atoms with Gasteiger partial charge in [-0.15, -0.1) is 0 Å². The number of hydrogen-bond acceptors (Lipinski definition) is 19. The predicted molar refractivity (Wildman–Crippen MR) is 257 cm³/mol. The molecular formula is C50H87NO19. The van der Waals surface area contributed by atoms with E-state index in [1.54, 1.807) is 21.3 Å². The van der Waals surface area contributed by atoms with Gasteiger partial charge in [0.05, 0.1) is 149 Å². The Morgan fingerprint density at radius 3 is 1.07 bits per heavy atom. The van der Waals surface area contributed by atoms with Crippen LogP contribution in [-0.2, 0) is 76.0 Å². The van der Waals surface area contributed by atoms with Crippen molar-refractivity contribution in [1.29, 1.82) is 0 Å². The normalized spacial score (nSPS) is 24.3. The molecule has 20 nitrogen and oxygen atoms in total. The molecule has 1 aliphatic heterocycles. The minimum atomic E-state index is -1.08. The Balaban J connectivity index is 0.000000373. The molecule has 6 atom stereocenters. The highest BCUT2D eigenvalue weighted by Gasteiger charge is 2.35. The second kappa shape index (κ2) is 44.7. The lowest BCUT2D eigenvalue weighted by atomic mass is 10.00. The summed E-state index contributed by atoms with van der Waals surface area (Å²) >= 11 is 0. The highest BCUT2D eigenvalue weighted by atomic mass is 16.8. The van der Waals surface area contributed by atoms with Crippen LogP contribution in [0.3, 0.4) is 0 Å². The molecule has 2 unspecified atom stereocenters. The number of nitrogens with zero attached hydrogens (tertiary/aromatic N) is 1. The number of aliphatic hydroxyl groups excluding tert-OH is 2. The molecule has 0 aromatic rings. The van der Waals surface area contributed by atoms with Gasteiger partial charge >= 0.3 is 6.16 Å². The maximum Gasteiger partial charge on any atom is 0.534 e. The van der Waals surface area contributed by atoms with Crippen molar-refractivity contribution in [1.82, 2.24) is 5.06 Å². The molecule has 20 heteroatoms. The van der Waals surface area contributed by atoms with Gasteiger partial charge in [-0.2, -0.15) is 0 Å². The first kappa shape index (κ1) is 63.2. The average molecular weight is 1010 g/mol. The van der Waals surface area contributed by atoms with Crippen molar-refractivity contribution >= 4 is 18.0 Å². The number of hydrogen-bond donors (Lipinski definition) is 2. The second-order valence-electron chi connectivity index (χ2n) is 16.5. The van der Waals surface area contributed by atoms with Crippen LogP contribution < -0.4 is 0 Å². The third-order valence-corrected chi connectivity index (χ3v) is 11.0. The van der Waals surface area contributed by atoms with Gasteiger partial charge in [0.1, 0.15) is 6.10 Å². The Hall–Kier alpha value is -2.93. The SMILES string of the molecule is COCCOCCOCCOC1CC/C=C/CCC1OC(=O)ON1C(=O)CCC1=O.COCCOCCOCCO[C@H]1CC/C=C/CC[C@@H]1O.COCCOCCOCCO[C@H]1CC/C=C/CC[C@@H]1O. The van der Waals surface area contributed by atoms with Gasteiger partial charge in [-0.25, -0.2) is 4.79 Å². The van der Waals surface area contributed by atoms with Crippen LogP contribution in [0.4, 0.5) is 4.79 Å². The van der Waals surface area contributed by atoms with Gasteiger partial charge in [0.25, 0.3) is 11.8 Å². The first-order chi connectivity index (χ1) is 34.3. The van der Waals surface area contributed by atoms with E-state index in [0.29, 0.717) is 143 Å². The number of rotatable bonds is 32. The van der Waals surface area contributed by atoms with E-state index in [4.69, 9.17) is 66.4 Å². The number of allylic oxidation sites excluding steroid dienone is 6. The topological polar surface area (TPSA) is 224 Å². The molecule has 70 heavy (non-hydrogen) atoms. The Bertz CT molecular complexity index is 1300. The van der Waals surface area contributed by atoms with E-state index in [2.05, 4.69) is 30.4 Å². The molecule has 0 aromatic heterocycles. The number of hydroxylamine groups is 2. The molecule has 1 heterocycles. The first-order valence-corrected chi connectivity index (χ1v) is 25.1. The van der Waals surface area contributed by atoms with E-state index in [9.17, 15) is 24.6 Å². The standard InChI is InChI=1S/C20H31NO9.2C15H28O5/c1-25-10-11-26-12-13-27-14-15-28-16-6-4-2-3-5-7-17(16)29-20(24)30-21-18(22)8-9-19(21)23;2*1-17-8-9-18-10-11-19-12-13-20-15-7-5-3-2-4-6-14(15)16/h2-3,16-17H,4-15H2,1H3;2*2-3,14-16H,4-13H2,1H3/b3*3-2+/t;2*14-,15-/m.00/s1. The van der Waals surface area contributed by atoms with Gasteiger partial charge in [0.2, 0.25) is 0 Å². The van der Waals surface area contributed by atoms with Crippen LogP contribution in [0.1, 0.15) is 89.9 Å². The van der Waals surface area contributed by atoms with Gasteiger partial charge in [-0.1, -0.05) is 41.5 Å². The fourth-order valence-corrected chi connectivity index (χ4v) is 7.17. The van der Waals surface area contributed by atoms with Crippen molar-refractivity contribution < 1.29 is 91.0 Å². The number of carbonyl (C=O) groups excluding carboxylic acids is 3. The summed E-state index contributed by atoms with van der Waals surface area (Å²) in [4.78, 5) is 40.1. The van der Waals surface area contributed by atoms with Gasteiger partial charge in [-0.05, 0) is 77.0 Å². The number of imide groups is 1. The number of methoxy groups -OCH3 is 3. The van der Waals surface area contributed by atoms with Gasteiger partial charge < -0.3 is 71.8 Å². The molecule has 406 valence electrons. The summed E-state index contributed by atoms with van der Waals surface area (Å²) in [6.07, 6.45) is 19.7. The Labute approximate surface area is 416 Å². The van der Waals surface area contributed by atoms with E-state index in [-0.39, 0.29) is 43.4 Å². The van der Waals surface area contributed by atoms with Crippen LogP contribution in [-0.4, -0.2) is 210 Å². The van der Waals surface area contributed by atoms with Crippen LogP contribution in [0.25, 0.3) is 0 Å². The second-order valence-corrected chi connectivity index (χ2v) is 16.5. The zero-order valence-corrected chi connectivity index (χ0v) is 42.3. The minimum absolute atomic E-state index is 0.0312. The van der Waals surface area contributed by atoms with Crippen LogP contribution >= 0.6 is 0 Å². The molecule has 3 aliphatic carbocycles. The van der Waals surface area contributed by atoms with Crippen molar-refractivity contribution in [3.8, 4) is 0 Å². The Morgan fingerprint density at radius 1 is 0.429 bits per heavy atom. The minimum Gasteiger partial charge on any atom is -0.427 e. The van der Waals surface area contributed by atoms with Crippen molar-refractivity contribution in [2.24, 2.45) is 0 Å². The highest BCUT2D eigenvalue weighted by Crippen LogP contribution is 2.22. The van der Waals surface area contributed by atoms with E-state index in [1.807, 2.05) is 6.08 Å². The fraction of sp³-hybridized carbons (Fsp3) is 0.820. The summed E-state index contributed by atoms with van der Waals surface area (Å²) in [6, 6.07) is 0. The molecule has 2 N–H and O–H groups in total. The smallest absolute Gasteiger partial charge is 0.427 e. The molecule has 1 saturated heterocycles. The molecule has 0 saturated carbocycles. The number of carbonyl (C=O) groups is 3. The predicted octanol–water partition coefficient (Wildman–Crippen LogP) is 4.85. The monoisotopic (exact) mass is 1010 g/mol. The molecule has 0 aromatic carbocycles. The largest absolute Gasteiger partial charge is 0.534 e. The zero-order chi connectivity index (χ0) is 50.5. The fourth-order valence-electron chi connectivity index (χ4n) is 7.17. The van der Waals surface area contributed by atoms with Crippen LogP contribution in [0.15, 0.2) is 36.5 Å². The third-order valence-electron chi connectivity index (χ3n) is 11.0. The number of amides is 2. The van der Waals surface area contributed by atoms with Crippen molar-refractivity contribution in [3.63, 3.8) is 0 Å². The van der Waals surface area contributed by atoms with Crippen molar-refractivity contribution in [2.75, 3.05) is 140 Å². The summed E-state index contributed by atoms with van der Waals surface area (Å²) in [7, 11) is 4.92. The number of aliphatic hydroxyl groups is 2. The van der Waals surface area contributed by atoms with Crippen LogP contribution in [0, 0.1) is 0 Å². The molecular weight excluding hydrogens is 919 g/mol. The molecule has 1 fully saturated rings. The zero-order valence-electron chi connectivity index (χ0n) is 42.3. The van der Waals surface area contributed by atoms with E-state index < -0.39 is 24.1 Å². The lowest BCUT2D eigenvalue weighted by Crippen LogP contribution is -2.38. The molecule has 4 rings (SSSR count). The lowest BCUT2D eigenvalue weighted by molar-refractivity contribution is -0.181. The van der Waals surface area contributed by atoms with Crippen molar-refractivity contribution in [2.45, 2.75) is 127 Å². The molecule has 0 spiro atoms. The highest BCUT2D eigenvalue weighted by molar-refractivity contribution is 6.01. The summed E-state index contributed by atoms with van der Waals surface area (Å²) in [6.45, 7) is 9.48. The molecule has 2 amide bonds. The Morgan fingerprint density at radius 2 is 0.714 bits per heavy atom. The average Bonchev–Trinajstić information content (AvgIpc) is 3.65. The summed E-state index contributed by atoms with van der Waals surface area (Å²) in [5.41, 5.74) is 0. The summed E-state index contributed by atoms with van der Waals surface area (Å²) in [5, 5.41) is 20.4. The Kier molecular flexibility index (Phi) is 40.4. The molecule has 0 radical (unpaired) electrons. The summed E-state index contributed by atoms with van der Waals surface area (Å²) < 4.78 is 69.5. The van der Waals surface area contributed by atoms with E-state index in [1.165, 1.54) is 0 Å².